The highest BCUT2D eigenvalue weighted by Gasteiger charge is 2.35. The Kier molecular flexibility index (Phi) is 4.21. The van der Waals surface area contributed by atoms with Gasteiger partial charge >= 0.3 is 0 Å². The second-order valence-corrected chi connectivity index (χ2v) is 7.50. The van der Waals surface area contributed by atoms with E-state index in [1.807, 2.05) is 0 Å². The van der Waals surface area contributed by atoms with Crippen molar-refractivity contribution in [3.63, 3.8) is 0 Å². The zero-order chi connectivity index (χ0) is 19.0. The number of hydrogen-bond donors (Lipinski definition) is 0. The third-order valence-corrected chi connectivity index (χ3v) is 5.64. The summed E-state index contributed by atoms with van der Waals surface area (Å²) in [6.45, 7) is -0.499. The van der Waals surface area contributed by atoms with E-state index in [1.165, 1.54) is 12.3 Å². The molecule has 0 spiro atoms. The van der Waals surface area contributed by atoms with Gasteiger partial charge in [0.05, 0.1) is 29.8 Å². The largest absolute Gasteiger partial charge is 0.299 e. The Hall–Kier alpha value is -3.10. The molecule has 136 valence electrons. The minimum atomic E-state index is -4.09. The van der Waals surface area contributed by atoms with E-state index in [0.29, 0.717) is 22.0 Å². The van der Waals surface area contributed by atoms with Crippen LogP contribution >= 0.6 is 0 Å². The third-order valence-electron chi connectivity index (χ3n) is 4.30. The summed E-state index contributed by atoms with van der Waals surface area (Å²) >= 11 is 0. The lowest BCUT2D eigenvalue weighted by Crippen LogP contribution is -2.33. The lowest BCUT2D eigenvalue weighted by Gasteiger charge is -2.14. The van der Waals surface area contributed by atoms with Gasteiger partial charge in [0.25, 0.3) is 21.9 Å². The number of carbonyl (C=O) groups is 2. The molecule has 0 unspecified atom stereocenters. The molecule has 0 N–H and O–H groups in total. The smallest absolute Gasteiger partial charge is 0.272 e. The summed E-state index contributed by atoms with van der Waals surface area (Å²) in [5.41, 5.74) is 0.924. The SMILES string of the molecule is O=C1c2ccccc2C(=O)N1CCOS(=O)(=O)c1cccc2cccnc12. The van der Waals surface area contributed by atoms with Crippen LogP contribution in [-0.2, 0) is 14.3 Å². The van der Waals surface area contributed by atoms with E-state index in [0.717, 1.165) is 4.90 Å². The van der Waals surface area contributed by atoms with E-state index in [1.54, 1.807) is 48.5 Å². The second-order valence-electron chi connectivity index (χ2n) is 5.91. The van der Waals surface area contributed by atoms with Gasteiger partial charge in [-0.2, -0.15) is 8.42 Å². The fourth-order valence-electron chi connectivity index (χ4n) is 3.02. The molecule has 0 atom stereocenters. The molecule has 0 fully saturated rings. The molecule has 0 radical (unpaired) electrons. The maximum absolute atomic E-state index is 12.6. The van der Waals surface area contributed by atoms with Crippen molar-refractivity contribution in [2.45, 2.75) is 4.90 Å². The van der Waals surface area contributed by atoms with Crippen LogP contribution in [0.2, 0.25) is 0 Å². The maximum Gasteiger partial charge on any atom is 0.299 e. The summed E-state index contributed by atoms with van der Waals surface area (Å²) in [5, 5.41) is 0.669. The molecular weight excluding hydrogens is 368 g/mol. The highest BCUT2D eigenvalue weighted by Crippen LogP contribution is 2.24. The minimum Gasteiger partial charge on any atom is -0.272 e. The quantitative estimate of drug-likeness (QED) is 0.496. The van der Waals surface area contributed by atoms with Crippen LogP contribution in [0.15, 0.2) is 65.7 Å². The molecule has 0 aliphatic carbocycles. The number of imide groups is 1. The average molecular weight is 382 g/mol. The lowest BCUT2D eigenvalue weighted by atomic mass is 10.1. The number of para-hydroxylation sites is 1. The molecule has 1 aliphatic rings. The first-order valence-electron chi connectivity index (χ1n) is 8.17. The monoisotopic (exact) mass is 382 g/mol. The molecule has 27 heavy (non-hydrogen) atoms. The summed E-state index contributed by atoms with van der Waals surface area (Å²) < 4.78 is 30.2. The Morgan fingerprint density at radius 2 is 1.56 bits per heavy atom. The van der Waals surface area contributed by atoms with Crippen LogP contribution in [0.5, 0.6) is 0 Å². The van der Waals surface area contributed by atoms with Crippen LogP contribution in [0.25, 0.3) is 10.9 Å². The fraction of sp³-hybridized carbons (Fsp3) is 0.105. The van der Waals surface area contributed by atoms with E-state index in [-0.39, 0.29) is 18.0 Å². The van der Waals surface area contributed by atoms with Crippen LogP contribution in [0.4, 0.5) is 0 Å². The van der Waals surface area contributed by atoms with Crippen LogP contribution in [0, 0.1) is 0 Å². The van der Waals surface area contributed by atoms with Gasteiger partial charge in [-0.1, -0.05) is 30.3 Å². The van der Waals surface area contributed by atoms with Crippen molar-refractivity contribution >= 4 is 32.8 Å². The number of aromatic nitrogens is 1. The Morgan fingerprint density at radius 3 is 2.26 bits per heavy atom. The van der Waals surface area contributed by atoms with Crippen LogP contribution in [-0.4, -0.2) is 43.3 Å². The molecule has 1 aromatic heterocycles. The van der Waals surface area contributed by atoms with E-state index in [2.05, 4.69) is 4.98 Å². The van der Waals surface area contributed by atoms with E-state index in [9.17, 15) is 18.0 Å². The van der Waals surface area contributed by atoms with Crippen molar-refractivity contribution in [3.8, 4) is 0 Å². The van der Waals surface area contributed by atoms with Gasteiger partial charge in [-0.3, -0.25) is 23.7 Å². The van der Waals surface area contributed by atoms with Crippen molar-refractivity contribution in [1.82, 2.24) is 9.88 Å². The summed E-state index contributed by atoms with van der Waals surface area (Å²) in [5.74, 6) is -0.910. The lowest BCUT2D eigenvalue weighted by molar-refractivity contribution is 0.0632. The van der Waals surface area contributed by atoms with E-state index >= 15 is 0 Å². The summed E-state index contributed by atoms with van der Waals surface area (Å²) in [4.78, 5) is 29.6. The molecule has 0 bridgehead atoms. The first-order chi connectivity index (χ1) is 13.0. The maximum atomic E-state index is 12.6. The van der Waals surface area contributed by atoms with Crippen molar-refractivity contribution in [1.29, 1.82) is 0 Å². The second kappa shape index (κ2) is 6.57. The zero-order valence-corrected chi connectivity index (χ0v) is 14.8. The topological polar surface area (TPSA) is 93.6 Å². The van der Waals surface area contributed by atoms with Gasteiger partial charge in [0.2, 0.25) is 0 Å². The number of hydrogen-bond acceptors (Lipinski definition) is 6. The molecule has 4 rings (SSSR count). The molecule has 0 saturated heterocycles. The Balaban J connectivity index is 1.51. The number of amides is 2. The van der Waals surface area contributed by atoms with Crippen LogP contribution < -0.4 is 0 Å². The summed E-state index contributed by atoms with van der Waals surface area (Å²) in [6, 6.07) is 14.7. The van der Waals surface area contributed by atoms with Gasteiger partial charge in [0, 0.05) is 11.6 Å². The van der Waals surface area contributed by atoms with E-state index in [4.69, 9.17) is 4.18 Å². The van der Waals surface area contributed by atoms with Gasteiger partial charge in [-0.25, -0.2) is 0 Å². The third kappa shape index (κ3) is 2.98. The highest BCUT2D eigenvalue weighted by atomic mass is 32.2. The van der Waals surface area contributed by atoms with Gasteiger partial charge < -0.3 is 0 Å². The van der Waals surface area contributed by atoms with Gasteiger partial charge in [-0.15, -0.1) is 0 Å². The van der Waals surface area contributed by atoms with Crippen molar-refractivity contribution in [3.05, 3.63) is 71.9 Å². The molecule has 2 amide bonds. The van der Waals surface area contributed by atoms with Crippen LogP contribution in [0.1, 0.15) is 20.7 Å². The minimum absolute atomic E-state index is 0.0528. The zero-order valence-electron chi connectivity index (χ0n) is 14.0. The predicted molar refractivity (Wildman–Crippen MR) is 96.7 cm³/mol. The molecule has 3 aromatic rings. The van der Waals surface area contributed by atoms with Crippen LogP contribution in [0.3, 0.4) is 0 Å². The number of nitrogens with zero attached hydrogens (tertiary/aromatic N) is 2. The van der Waals surface area contributed by atoms with Gasteiger partial charge in [0.15, 0.2) is 0 Å². The highest BCUT2D eigenvalue weighted by molar-refractivity contribution is 7.87. The number of benzene rings is 2. The molecule has 7 nitrogen and oxygen atoms in total. The predicted octanol–water partition coefficient (Wildman–Crippen LogP) is 2.24. The molecule has 1 aliphatic heterocycles. The molecule has 2 heterocycles. The first-order valence-corrected chi connectivity index (χ1v) is 9.58. The van der Waals surface area contributed by atoms with E-state index < -0.39 is 21.9 Å². The Labute approximate surface area is 155 Å². The van der Waals surface area contributed by atoms with Gasteiger partial charge in [-0.05, 0) is 24.3 Å². The first kappa shape index (κ1) is 17.3. The molecule has 0 saturated carbocycles. The number of rotatable bonds is 5. The number of pyridine rings is 1. The Morgan fingerprint density at radius 1 is 0.889 bits per heavy atom. The normalized spacial score (nSPS) is 14.0. The fourth-order valence-corrected chi connectivity index (χ4v) is 4.10. The van der Waals surface area contributed by atoms with Crippen molar-refractivity contribution in [2.24, 2.45) is 0 Å². The molecule has 8 heteroatoms. The number of carbonyl (C=O) groups excluding carboxylic acids is 2. The number of fused-ring (bicyclic) bond motifs is 2. The Bertz CT molecular complexity index is 1130. The standard InChI is InChI=1S/C19H14N2O5S/c22-18-14-7-1-2-8-15(14)19(23)21(18)11-12-26-27(24,25)16-9-3-5-13-6-4-10-20-17(13)16/h1-10H,11-12H2. The van der Waals surface area contributed by atoms with Crippen molar-refractivity contribution in [2.75, 3.05) is 13.2 Å². The molecular formula is C19H14N2O5S. The molecule has 2 aromatic carbocycles. The summed E-state index contributed by atoms with van der Waals surface area (Å²) in [6.07, 6.45) is 1.50. The summed E-state index contributed by atoms with van der Waals surface area (Å²) in [7, 11) is -4.09. The average Bonchev–Trinajstić information content (AvgIpc) is 2.92. The van der Waals surface area contributed by atoms with Gasteiger partial charge in [0.1, 0.15) is 4.90 Å². The van der Waals surface area contributed by atoms with Crippen molar-refractivity contribution < 1.29 is 22.2 Å².